The molecule has 0 rings (SSSR count). The van der Waals surface area contributed by atoms with Gasteiger partial charge in [-0.2, -0.15) is 52.7 Å². The molecule has 0 saturated carbocycles. The van der Waals surface area contributed by atoms with Gasteiger partial charge in [0.1, 0.15) is 11.6 Å². The number of halogens is 12. The molecule has 0 saturated heterocycles. The lowest BCUT2D eigenvalue weighted by atomic mass is 9.90. The van der Waals surface area contributed by atoms with Gasteiger partial charge in [-0.15, -0.1) is 0 Å². The van der Waals surface area contributed by atoms with Crippen LogP contribution >= 0.6 is 0 Å². The smallest absolute Gasteiger partial charge is 0.373 e. The van der Waals surface area contributed by atoms with Crippen LogP contribution in [-0.4, -0.2) is 57.7 Å². The molecule has 0 unspecified atom stereocenters. The van der Waals surface area contributed by atoms with Crippen LogP contribution in [0.4, 0.5) is 52.7 Å². The Morgan fingerprint density at radius 2 is 0.704 bits per heavy atom. The van der Waals surface area contributed by atoms with E-state index in [1.807, 2.05) is 0 Å². The van der Waals surface area contributed by atoms with Crippen LogP contribution in [0.15, 0.2) is 0 Å². The monoisotopic (exact) mass is 432 g/mol. The van der Waals surface area contributed by atoms with E-state index >= 15 is 0 Å². The second-order valence-corrected chi connectivity index (χ2v) is 5.32. The van der Waals surface area contributed by atoms with Crippen molar-refractivity contribution in [3.63, 3.8) is 0 Å². The largest absolute Gasteiger partial charge is 0.426 e. The minimum absolute atomic E-state index is 2.26. The quantitative estimate of drug-likeness (QED) is 0.500. The molecule has 0 atom stereocenters. The van der Waals surface area contributed by atoms with Gasteiger partial charge in [0.05, 0.1) is 19.3 Å². The fraction of sp³-hybridized carbons (Fsp3) is 0.818. The maximum absolute atomic E-state index is 12.3. The lowest BCUT2D eigenvalue weighted by Gasteiger charge is -2.32. The second-order valence-electron chi connectivity index (χ2n) is 5.32. The second kappa shape index (κ2) is 7.10. The lowest BCUT2D eigenvalue weighted by Crippen LogP contribution is -2.58. The van der Waals surface area contributed by atoms with Crippen molar-refractivity contribution in [1.82, 2.24) is 0 Å². The van der Waals surface area contributed by atoms with Crippen LogP contribution in [0.2, 0.25) is 0 Å². The van der Waals surface area contributed by atoms with E-state index in [-0.39, 0.29) is 0 Å². The Morgan fingerprint density at radius 1 is 0.519 bits per heavy atom. The molecule has 0 fully saturated rings. The third-order valence-electron chi connectivity index (χ3n) is 3.18. The van der Waals surface area contributed by atoms with E-state index < -0.39 is 66.7 Å². The average Bonchev–Trinajstić information content (AvgIpc) is 2.32. The van der Waals surface area contributed by atoms with Crippen LogP contribution in [-0.2, 0) is 9.59 Å². The number of ketones is 2. The minimum Gasteiger partial charge on any atom is -0.373 e. The van der Waals surface area contributed by atoms with Crippen LogP contribution in [0.25, 0.3) is 0 Å². The molecule has 4 nitrogen and oxygen atoms in total. The van der Waals surface area contributed by atoms with Crippen molar-refractivity contribution in [1.29, 1.82) is 0 Å². The fourth-order valence-corrected chi connectivity index (χ4v) is 1.64. The molecule has 0 aromatic heterocycles. The van der Waals surface area contributed by atoms with Gasteiger partial charge in [0, 0.05) is 0 Å². The summed E-state index contributed by atoms with van der Waals surface area (Å²) < 4.78 is 148. The molecule has 16 heteroatoms. The maximum Gasteiger partial charge on any atom is 0.426 e. The zero-order chi connectivity index (χ0) is 22.3. The van der Waals surface area contributed by atoms with E-state index in [2.05, 4.69) is 0 Å². The fourth-order valence-electron chi connectivity index (χ4n) is 1.64. The first-order chi connectivity index (χ1) is 11.5. The van der Waals surface area contributed by atoms with Gasteiger partial charge in [-0.1, -0.05) is 0 Å². The number of aliphatic hydroxyl groups is 2. The summed E-state index contributed by atoms with van der Waals surface area (Å²) in [5.74, 6) is -4.91. The van der Waals surface area contributed by atoms with Gasteiger partial charge in [0.15, 0.2) is 0 Å². The van der Waals surface area contributed by atoms with Crippen molar-refractivity contribution >= 4 is 11.6 Å². The zero-order valence-electron chi connectivity index (χ0n) is 12.4. The summed E-state index contributed by atoms with van der Waals surface area (Å²) in [6, 6.07) is 0. The average molecular weight is 432 g/mol. The molecule has 0 radical (unpaired) electrons. The number of rotatable bonds is 6. The van der Waals surface area contributed by atoms with Crippen molar-refractivity contribution in [2.24, 2.45) is 0 Å². The number of hydrogen-bond acceptors (Lipinski definition) is 4. The molecule has 0 aliphatic rings. The number of alkyl halides is 12. The van der Waals surface area contributed by atoms with Gasteiger partial charge in [0.25, 0.3) is 11.2 Å². The van der Waals surface area contributed by atoms with Gasteiger partial charge in [0.2, 0.25) is 0 Å². The van der Waals surface area contributed by atoms with Crippen LogP contribution in [0.3, 0.4) is 0 Å². The van der Waals surface area contributed by atoms with E-state index in [4.69, 9.17) is 10.2 Å². The highest BCUT2D eigenvalue weighted by molar-refractivity contribution is 6.00. The molecular weight excluding hydrogens is 424 g/mol. The van der Waals surface area contributed by atoms with E-state index in [0.29, 0.717) is 0 Å². The van der Waals surface area contributed by atoms with Gasteiger partial charge >= 0.3 is 24.7 Å². The molecule has 0 aromatic carbocycles. The predicted octanol–water partition coefficient (Wildman–Crippen LogP) is 3.01. The van der Waals surface area contributed by atoms with E-state index in [1.54, 1.807) is 0 Å². The van der Waals surface area contributed by atoms with Crippen molar-refractivity contribution < 1.29 is 72.5 Å². The first-order valence-electron chi connectivity index (χ1n) is 6.24. The first kappa shape index (κ1) is 25.4. The van der Waals surface area contributed by atoms with E-state index in [9.17, 15) is 62.3 Å². The Kier molecular flexibility index (Phi) is 6.69. The van der Waals surface area contributed by atoms with Crippen LogP contribution in [0.1, 0.15) is 19.3 Å². The third kappa shape index (κ3) is 5.24. The zero-order valence-corrected chi connectivity index (χ0v) is 12.4. The molecule has 0 bridgehead atoms. The standard InChI is InChI=1S/C11H8F12O4/c12-8(13,14)6(26,9(15,16)17)2-4(24)1-5(25)3-7(27,10(18,19)20)11(21,22)23/h26-27H,1-3H2. The molecule has 0 aliphatic carbocycles. The number of hydrogen-bond donors (Lipinski definition) is 2. The molecule has 0 aliphatic heterocycles. The lowest BCUT2D eigenvalue weighted by molar-refractivity contribution is -0.367. The van der Waals surface area contributed by atoms with Crippen molar-refractivity contribution in [3.8, 4) is 0 Å². The number of Topliss-reactive ketones (excluding diaryl/α,β-unsaturated/α-hetero) is 2. The summed E-state index contributed by atoms with van der Waals surface area (Å²) in [5, 5.41) is 17.3. The summed E-state index contributed by atoms with van der Waals surface area (Å²) in [6.45, 7) is 0. The highest BCUT2D eigenvalue weighted by atomic mass is 19.4. The van der Waals surface area contributed by atoms with Crippen molar-refractivity contribution in [2.75, 3.05) is 0 Å². The Balaban J connectivity index is 5.46. The van der Waals surface area contributed by atoms with Gasteiger partial charge < -0.3 is 10.2 Å². The SMILES string of the molecule is O=C(CC(=O)CC(O)(C(F)(F)F)C(F)(F)F)CC(O)(C(F)(F)F)C(F)(F)F. The topological polar surface area (TPSA) is 74.6 Å². The Hall–Kier alpha value is -1.58. The molecule has 0 spiro atoms. The third-order valence-corrected chi connectivity index (χ3v) is 3.18. The summed E-state index contributed by atoms with van der Waals surface area (Å²) in [5.41, 5.74) is -11.4. The van der Waals surface area contributed by atoms with E-state index in [0.717, 1.165) is 0 Å². The number of carbonyl (C=O) groups is 2. The highest BCUT2D eigenvalue weighted by Gasteiger charge is 2.72. The van der Waals surface area contributed by atoms with Gasteiger partial charge in [-0.25, -0.2) is 0 Å². The first-order valence-corrected chi connectivity index (χ1v) is 6.24. The normalized spacial score (nSPS) is 15.0. The minimum atomic E-state index is -6.50. The summed E-state index contributed by atoms with van der Waals surface area (Å²) >= 11 is 0. The van der Waals surface area contributed by atoms with Gasteiger partial charge in [-0.05, 0) is 0 Å². The van der Waals surface area contributed by atoms with Crippen LogP contribution in [0.5, 0.6) is 0 Å². The molecule has 0 aromatic rings. The Bertz CT molecular complexity index is 490. The van der Waals surface area contributed by atoms with Gasteiger partial charge in [-0.3, -0.25) is 9.59 Å². The van der Waals surface area contributed by atoms with Crippen LogP contribution < -0.4 is 0 Å². The van der Waals surface area contributed by atoms with E-state index in [1.165, 1.54) is 0 Å². The molecule has 160 valence electrons. The van der Waals surface area contributed by atoms with Crippen LogP contribution in [0, 0.1) is 0 Å². The molecule has 2 N–H and O–H groups in total. The molecule has 0 amide bonds. The summed E-state index contributed by atoms with van der Waals surface area (Å²) in [6.07, 6.45) is -34.0. The Labute approximate surface area is 140 Å². The summed E-state index contributed by atoms with van der Waals surface area (Å²) in [7, 11) is 0. The molecule has 27 heavy (non-hydrogen) atoms. The summed E-state index contributed by atoms with van der Waals surface area (Å²) in [4.78, 5) is 22.2. The predicted molar refractivity (Wildman–Crippen MR) is 58.0 cm³/mol. The maximum atomic E-state index is 12.3. The highest BCUT2D eigenvalue weighted by Crippen LogP contribution is 2.47. The molecular formula is C11H8F12O4. The Morgan fingerprint density at radius 3 is 0.852 bits per heavy atom. The molecule has 0 heterocycles. The number of carbonyl (C=O) groups excluding carboxylic acids is 2. The van der Waals surface area contributed by atoms with Crippen molar-refractivity contribution in [3.05, 3.63) is 0 Å². The van der Waals surface area contributed by atoms with Crippen molar-refractivity contribution in [2.45, 2.75) is 55.2 Å².